The molecule has 9 heteroatoms. The third kappa shape index (κ3) is 3.24. The first-order valence-electron chi connectivity index (χ1n) is 7.79. The molecule has 0 spiro atoms. The first kappa shape index (κ1) is 18.8. The molecule has 0 saturated carbocycles. The Morgan fingerprint density at radius 1 is 1.07 bits per heavy atom. The first-order chi connectivity index (χ1) is 12.5. The van der Waals surface area contributed by atoms with E-state index in [2.05, 4.69) is 5.32 Å². The van der Waals surface area contributed by atoms with Gasteiger partial charge in [0, 0.05) is 5.56 Å². The molecule has 1 N–H and O–H groups in total. The molecular formula is C18H13F5N2O2. The lowest BCUT2D eigenvalue weighted by molar-refractivity contribution is -0.139. The van der Waals surface area contributed by atoms with Crippen LogP contribution in [0, 0.1) is 11.6 Å². The highest BCUT2D eigenvalue weighted by Crippen LogP contribution is 2.35. The molecular weight excluding hydrogens is 371 g/mol. The average molecular weight is 384 g/mol. The number of rotatable bonds is 3. The lowest BCUT2D eigenvalue weighted by Gasteiger charge is -2.23. The Kier molecular flexibility index (Phi) is 4.41. The highest BCUT2D eigenvalue weighted by Gasteiger charge is 2.50. The summed E-state index contributed by atoms with van der Waals surface area (Å²) in [7, 11) is 0. The normalized spacial score (nSPS) is 20.1. The Morgan fingerprint density at radius 3 is 2.41 bits per heavy atom. The molecule has 1 atom stereocenters. The lowest BCUT2D eigenvalue weighted by Crippen LogP contribution is -2.41. The molecule has 0 aliphatic carbocycles. The number of imide groups is 1. The maximum absolute atomic E-state index is 14.1. The predicted molar refractivity (Wildman–Crippen MR) is 84.2 cm³/mol. The number of alkyl halides is 3. The van der Waals surface area contributed by atoms with Crippen LogP contribution >= 0.6 is 0 Å². The number of carbonyl (C=O) groups is 2. The number of amides is 3. The van der Waals surface area contributed by atoms with E-state index in [1.807, 2.05) is 0 Å². The minimum Gasteiger partial charge on any atom is -0.319 e. The third-order valence-electron chi connectivity index (χ3n) is 4.39. The molecule has 2 aromatic carbocycles. The van der Waals surface area contributed by atoms with Crippen LogP contribution in [0.1, 0.15) is 23.6 Å². The fourth-order valence-electron chi connectivity index (χ4n) is 3.01. The smallest absolute Gasteiger partial charge is 0.319 e. The van der Waals surface area contributed by atoms with E-state index in [-0.39, 0.29) is 5.56 Å². The van der Waals surface area contributed by atoms with Crippen molar-refractivity contribution in [2.75, 3.05) is 0 Å². The van der Waals surface area contributed by atoms with Gasteiger partial charge in [0.25, 0.3) is 5.91 Å². The molecule has 2 aromatic rings. The van der Waals surface area contributed by atoms with Crippen LogP contribution < -0.4 is 5.32 Å². The number of nitrogens with zero attached hydrogens (tertiary/aromatic N) is 1. The molecule has 0 aromatic heterocycles. The van der Waals surface area contributed by atoms with Gasteiger partial charge in [-0.1, -0.05) is 18.2 Å². The van der Waals surface area contributed by atoms with Gasteiger partial charge in [-0.25, -0.2) is 13.6 Å². The van der Waals surface area contributed by atoms with Gasteiger partial charge in [0.2, 0.25) is 0 Å². The highest BCUT2D eigenvalue weighted by molar-refractivity contribution is 6.07. The summed E-state index contributed by atoms with van der Waals surface area (Å²) in [6.07, 6.45) is -4.67. The summed E-state index contributed by atoms with van der Waals surface area (Å²) >= 11 is 0. The summed E-state index contributed by atoms with van der Waals surface area (Å²) in [6.45, 7) is 0.508. The topological polar surface area (TPSA) is 49.4 Å². The van der Waals surface area contributed by atoms with Crippen molar-refractivity contribution in [2.24, 2.45) is 0 Å². The molecule has 3 rings (SSSR count). The second kappa shape index (κ2) is 6.33. The van der Waals surface area contributed by atoms with Crippen molar-refractivity contribution in [1.29, 1.82) is 0 Å². The van der Waals surface area contributed by atoms with Gasteiger partial charge in [-0.05, 0) is 36.8 Å². The van der Waals surface area contributed by atoms with Crippen molar-refractivity contribution in [3.8, 4) is 0 Å². The van der Waals surface area contributed by atoms with E-state index in [4.69, 9.17) is 0 Å². The molecule has 1 unspecified atom stereocenters. The van der Waals surface area contributed by atoms with Crippen LogP contribution in [0.5, 0.6) is 0 Å². The Morgan fingerprint density at radius 2 is 1.74 bits per heavy atom. The van der Waals surface area contributed by atoms with Gasteiger partial charge in [-0.3, -0.25) is 9.69 Å². The molecule has 142 valence electrons. The number of halogens is 5. The van der Waals surface area contributed by atoms with Crippen LogP contribution in [0.15, 0.2) is 42.5 Å². The van der Waals surface area contributed by atoms with E-state index in [9.17, 15) is 31.5 Å². The number of hydrogen-bond acceptors (Lipinski definition) is 2. The van der Waals surface area contributed by atoms with Crippen molar-refractivity contribution in [3.05, 3.63) is 70.8 Å². The van der Waals surface area contributed by atoms with Gasteiger partial charge in [0.05, 0.1) is 12.1 Å². The third-order valence-corrected chi connectivity index (χ3v) is 4.39. The largest absolute Gasteiger partial charge is 0.416 e. The monoisotopic (exact) mass is 384 g/mol. The second-order valence-electron chi connectivity index (χ2n) is 6.23. The quantitative estimate of drug-likeness (QED) is 0.644. The van der Waals surface area contributed by atoms with Crippen LogP contribution in [0.3, 0.4) is 0 Å². The van der Waals surface area contributed by atoms with Gasteiger partial charge < -0.3 is 5.32 Å². The van der Waals surface area contributed by atoms with Gasteiger partial charge in [0.15, 0.2) is 0 Å². The molecule has 3 amide bonds. The molecule has 27 heavy (non-hydrogen) atoms. The molecule has 1 aliphatic rings. The van der Waals surface area contributed by atoms with Gasteiger partial charge in [-0.2, -0.15) is 13.2 Å². The van der Waals surface area contributed by atoms with Crippen LogP contribution in [0.25, 0.3) is 0 Å². The van der Waals surface area contributed by atoms with Gasteiger partial charge in [-0.15, -0.1) is 0 Å². The SMILES string of the molecule is CC1(c2cc(F)ccc2F)NC(=O)N(Cc2ccccc2C(F)(F)F)C1=O. The molecule has 0 bridgehead atoms. The highest BCUT2D eigenvalue weighted by atomic mass is 19.4. The Bertz CT molecular complexity index is 928. The summed E-state index contributed by atoms with van der Waals surface area (Å²) < 4.78 is 67.0. The van der Waals surface area contributed by atoms with Crippen LogP contribution in [0.2, 0.25) is 0 Å². The standard InChI is InChI=1S/C18H13F5N2O2/c1-17(13-8-11(19)6-7-14(13)20)15(26)25(16(27)24-17)9-10-4-2-3-5-12(10)18(21,22)23/h2-8H,9H2,1H3,(H,24,27). The summed E-state index contributed by atoms with van der Waals surface area (Å²) in [6, 6.07) is 5.92. The predicted octanol–water partition coefficient (Wildman–Crippen LogP) is 3.95. The maximum Gasteiger partial charge on any atom is 0.416 e. The minimum atomic E-state index is -4.67. The van der Waals surface area contributed by atoms with Crippen LogP contribution in [0.4, 0.5) is 26.7 Å². The first-order valence-corrected chi connectivity index (χ1v) is 7.79. The van der Waals surface area contributed by atoms with Crippen LogP contribution in [-0.2, 0) is 23.1 Å². The molecule has 4 nitrogen and oxygen atoms in total. The zero-order valence-electron chi connectivity index (χ0n) is 13.9. The fourth-order valence-corrected chi connectivity index (χ4v) is 3.01. The van der Waals surface area contributed by atoms with E-state index < -0.39 is 53.0 Å². The number of hydrogen-bond donors (Lipinski definition) is 1. The van der Waals surface area contributed by atoms with E-state index in [0.29, 0.717) is 4.90 Å². The average Bonchev–Trinajstić information content (AvgIpc) is 2.80. The number of nitrogens with one attached hydrogen (secondary N) is 1. The second-order valence-corrected chi connectivity index (χ2v) is 6.23. The lowest BCUT2D eigenvalue weighted by atomic mass is 9.91. The summed E-state index contributed by atoms with van der Waals surface area (Å²) in [4.78, 5) is 25.5. The zero-order valence-corrected chi connectivity index (χ0v) is 13.9. The van der Waals surface area contributed by atoms with E-state index in [1.54, 1.807) is 0 Å². The molecule has 1 heterocycles. The Balaban J connectivity index is 1.98. The summed E-state index contributed by atoms with van der Waals surface area (Å²) in [5, 5.41) is 2.24. The maximum atomic E-state index is 14.1. The van der Waals surface area contributed by atoms with E-state index in [0.717, 1.165) is 30.3 Å². The molecule has 1 saturated heterocycles. The van der Waals surface area contributed by atoms with Crippen molar-refractivity contribution < 1.29 is 31.5 Å². The number of carbonyl (C=O) groups excluding carboxylic acids is 2. The number of benzene rings is 2. The Labute approximate surface area is 150 Å². The van der Waals surface area contributed by atoms with Crippen LogP contribution in [-0.4, -0.2) is 16.8 Å². The van der Waals surface area contributed by atoms with E-state index in [1.165, 1.54) is 19.1 Å². The van der Waals surface area contributed by atoms with Crippen molar-refractivity contribution in [1.82, 2.24) is 10.2 Å². The zero-order chi connectivity index (χ0) is 20.0. The summed E-state index contributed by atoms with van der Waals surface area (Å²) in [5.41, 5.74) is -3.63. The Hall–Kier alpha value is -2.97. The van der Waals surface area contributed by atoms with E-state index >= 15 is 0 Å². The van der Waals surface area contributed by atoms with Gasteiger partial charge in [0.1, 0.15) is 17.2 Å². The van der Waals surface area contributed by atoms with Crippen molar-refractivity contribution in [3.63, 3.8) is 0 Å². The van der Waals surface area contributed by atoms with Crippen molar-refractivity contribution in [2.45, 2.75) is 25.2 Å². The molecule has 1 fully saturated rings. The van der Waals surface area contributed by atoms with Gasteiger partial charge >= 0.3 is 12.2 Å². The minimum absolute atomic E-state index is 0.294. The molecule has 1 aliphatic heterocycles. The fraction of sp³-hybridized carbons (Fsp3) is 0.222. The summed E-state index contributed by atoms with van der Waals surface area (Å²) in [5.74, 6) is -2.73. The van der Waals surface area contributed by atoms with Crippen molar-refractivity contribution >= 4 is 11.9 Å². The molecule has 0 radical (unpaired) electrons. The number of urea groups is 1.